The van der Waals surface area contributed by atoms with Crippen LogP contribution in [0.5, 0.6) is 0 Å². The van der Waals surface area contributed by atoms with Gasteiger partial charge in [0.05, 0.1) is 15.9 Å². The number of nitrogens with zero attached hydrogens (tertiary/aromatic N) is 2. The highest BCUT2D eigenvalue weighted by Crippen LogP contribution is 2.19. The zero-order chi connectivity index (χ0) is 10.0. The Morgan fingerprint density at radius 1 is 1.62 bits per heavy atom. The molecule has 0 aliphatic rings. The SMILES string of the molecule is COCC(=O)n1nc(C)c(Br)c1C. The Hall–Kier alpha value is -0.680. The maximum Gasteiger partial charge on any atom is 0.273 e. The number of rotatable bonds is 2. The van der Waals surface area contributed by atoms with Crippen molar-refractivity contribution < 1.29 is 9.53 Å². The molecule has 0 unspecified atom stereocenters. The summed E-state index contributed by atoms with van der Waals surface area (Å²) in [6.45, 7) is 3.72. The third-order valence-corrected chi connectivity index (χ3v) is 2.85. The normalized spacial score (nSPS) is 10.5. The summed E-state index contributed by atoms with van der Waals surface area (Å²) in [6.07, 6.45) is 0. The molecule has 5 heteroatoms. The van der Waals surface area contributed by atoms with E-state index in [1.165, 1.54) is 11.8 Å². The van der Waals surface area contributed by atoms with E-state index in [9.17, 15) is 4.79 Å². The number of hydrogen-bond acceptors (Lipinski definition) is 3. The molecular formula is C8H11BrN2O2. The van der Waals surface area contributed by atoms with Gasteiger partial charge in [0.15, 0.2) is 0 Å². The number of methoxy groups -OCH3 is 1. The van der Waals surface area contributed by atoms with Gasteiger partial charge in [0, 0.05) is 7.11 Å². The molecule has 1 aromatic rings. The summed E-state index contributed by atoms with van der Waals surface area (Å²) in [5.41, 5.74) is 1.61. The predicted molar refractivity (Wildman–Crippen MR) is 51.9 cm³/mol. The second-order valence-electron chi connectivity index (χ2n) is 2.72. The van der Waals surface area contributed by atoms with E-state index in [0.717, 1.165) is 15.9 Å². The van der Waals surface area contributed by atoms with Crippen molar-refractivity contribution in [1.29, 1.82) is 0 Å². The van der Waals surface area contributed by atoms with Gasteiger partial charge in [-0.25, -0.2) is 4.68 Å². The quantitative estimate of drug-likeness (QED) is 0.796. The van der Waals surface area contributed by atoms with Crippen molar-refractivity contribution in [2.45, 2.75) is 13.8 Å². The van der Waals surface area contributed by atoms with E-state index in [4.69, 9.17) is 4.74 Å². The first-order valence-electron chi connectivity index (χ1n) is 3.81. The van der Waals surface area contributed by atoms with Crippen LogP contribution in [-0.4, -0.2) is 29.4 Å². The van der Waals surface area contributed by atoms with Crippen LogP contribution in [0.3, 0.4) is 0 Å². The van der Waals surface area contributed by atoms with Gasteiger partial charge in [0.25, 0.3) is 5.91 Å². The van der Waals surface area contributed by atoms with E-state index in [-0.39, 0.29) is 12.5 Å². The Bertz CT molecular complexity index is 333. The highest BCUT2D eigenvalue weighted by atomic mass is 79.9. The van der Waals surface area contributed by atoms with Crippen LogP contribution in [0, 0.1) is 13.8 Å². The Morgan fingerprint density at radius 2 is 2.23 bits per heavy atom. The lowest BCUT2D eigenvalue weighted by atomic mass is 10.4. The second-order valence-corrected chi connectivity index (χ2v) is 3.52. The molecule has 0 fully saturated rings. The lowest BCUT2D eigenvalue weighted by molar-refractivity contribution is 0.0742. The molecule has 1 aromatic heterocycles. The van der Waals surface area contributed by atoms with Gasteiger partial charge in [0.2, 0.25) is 0 Å². The van der Waals surface area contributed by atoms with Gasteiger partial charge in [-0.05, 0) is 29.8 Å². The van der Waals surface area contributed by atoms with Crippen LogP contribution in [0.1, 0.15) is 16.2 Å². The number of aryl methyl sites for hydroxylation is 1. The van der Waals surface area contributed by atoms with Crippen LogP contribution in [0.25, 0.3) is 0 Å². The molecule has 0 saturated heterocycles. The Balaban J connectivity index is 3.01. The summed E-state index contributed by atoms with van der Waals surface area (Å²) in [5, 5.41) is 4.07. The van der Waals surface area contributed by atoms with Gasteiger partial charge in [-0.1, -0.05) is 0 Å². The first-order chi connectivity index (χ1) is 6.07. The molecule has 0 spiro atoms. The molecule has 0 amide bonds. The molecule has 0 N–H and O–H groups in total. The molecule has 72 valence electrons. The van der Waals surface area contributed by atoms with Gasteiger partial charge in [-0.3, -0.25) is 4.79 Å². The lowest BCUT2D eigenvalue weighted by Gasteiger charge is -2.00. The summed E-state index contributed by atoms with van der Waals surface area (Å²) >= 11 is 3.34. The van der Waals surface area contributed by atoms with Crippen LogP contribution >= 0.6 is 15.9 Å². The Kier molecular flexibility index (Phi) is 3.22. The minimum Gasteiger partial charge on any atom is -0.375 e. The summed E-state index contributed by atoms with van der Waals surface area (Å²) in [4.78, 5) is 11.4. The Morgan fingerprint density at radius 3 is 2.62 bits per heavy atom. The van der Waals surface area contributed by atoms with Crippen LogP contribution < -0.4 is 0 Å². The number of aromatic nitrogens is 2. The minimum absolute atomic E-state index is 0.0500. The third-order valence-electron chi connectivity index (χ3n) is 1.71. The maximum absolute atomic E-state index is 11.4. The zero-order valence-electron chi connectivity index (χ0n) is 7.80. The van der Waals surface area contributed by atoms with Crippen LogP contribution in [0.15, 0.2) is 4.47 Å². The van der Waals surface area contributed by atoms with Crippen molar-refractivity contribution in [3.05, 3.63) is 15.9 Å². The van der Waals surface area contributed by atoms with Crippen LogP contribution in [-0.2, 0) is 4.74 Å². The van der Waals surface area contributed by atoms with Crippen molar-refractivity contribution in [3.63, 3.8) is 0 Å². The summed E-state index contributed by atoms with van der Waals surface area (Å²) in [6, 6.07) is 0. The number of carbonyl (C=O) groups is 1. The largest absolute Gasteiger partial charge is 0.375 e. The molecule has 4 nitrogen and oxygen atoms in total. The monoisotopic (exact) mass is 246 g/mol. The van der Waals surface area contributed by atoms with E-state index in [1.54, 1.807) is 0 Å². The molecule has 0 atom stereocenters. The topological polar surface area (TPSA) is 44.1 Å². The standard InChI is InChI=1S/C8H11BrN2O2/c1-5-8(9)6(2)11(10-5)7(12)4-13-3/h4H2,1-3H3. The second kappa shape index (κ2) is 4.02. The average molecular weight is 247 g/mol. The van der Waals surface area contributed by atoms with E-state index in [0.29, 0.717) is 0 Å². The molecular weight excluding hydrogens is 236 g/mol. The molecule has 0 radical (unpaired) electrons. The summed E-state index contributed by atoms with van der Waals surface area (Å²) in [5.74, 6) is -0.159. The fourth-order valence-corrected chi connectivity index (χ4v) is 1.30. The average Bonchev–Trinajstić information content (AvgIpc) is 2.33. The Labute approximate surface area is 85.0 Å². The maximum atomic E-state index is 11.4. The van der Waals surface area contributed by atoms with Crippen molar-refractivity contribution >= 4 is 21.8 Å². The number of ether oxygens (including phenoxy) is 1. The fraction of sp³-hybridized carbons (Fsp3) is 0.500. The molecule has 1 rings (SSSR count). The van der Waals surface area contributed by atoms with Gasteiger partial charge in [-0.2, -0.15) is 5.10 Å². The first kappa shape index (κ1) is 10.4. The molecule has 0 saturated carbocycles. The number of halogens is 1. The highest BCUT2D eigenvalue weighted by Gasteiger charge is 2.13. The predicted octanol–water partition coefficient (Wildman–Crippen LogP) is 1.55. The number of hydrogen-bond donors (Lipinski definition) is 0. The van der Waals surface area contributed by atoms with Crippen LogP contribution in [0.4, 0.5) is 0 Å². The third kappa shape index (κ3) is 1.97. The molecule has 0 aromatic carbocycles. The summed E-state index contributed by atoms with van der Waals surface area (Å²) in [7, 11) is 1.48. The summed E-state index contributed by atoms with van der Waals surface area (Å²) < 4.78 is 6.96. The smallest absolute Gasteiger partial charge is 0.273 e. The molecule has 0 aliphatic carbocycles. The molecule has 0 aliphatic heterocycles. The van der Waals surface area contributed by atoms with Crippen molar-refractivity contribution in [2.75, 3.05) is 13.7 Å². The molecule has 13 heavy (non-hydrogen) atoms. The van der Waals surface area contributed by atoms with Crippen LogP contribution in [0.2, 0.25) is 0 Å². The fourth-order valence-electron chi connectivity index (χ4n) is 1.05. The van der Waals surface area contributed by atoms with Gasteiger partial charge < -0.3 is 4.74 Å². The molecule has 1 heterocycles. The van der Waals surface area contributed by atoms with E-state index >= 15 is 0 Å². The van der Waals surface area contributed by atoms with Crippen molar-refractivity contribution in [3.8, 4) is 0 Å². The molecule has 0 bridgehead atoms. The van der Waals surface area contributed by atoms with Crippen molar-refractivity contribution in [1.82, 2.24) is 9.78 Å². The van der Waals surface area contributed by atoms with Gasteiger partial charge >= 0.3 is 0 Å². The first-order valence-corrected chi connectivity index (χ1v) is 4.61. The van der Waals surface area contributed by atoms with Crippen molar-refractivity contribution in [2.24, 2.45) is 0 Å². The lowest BCUT2D eigenvalue weighted by Crippen LogP contribution is -2.19. The highest BCUT2D eigenvalue weighted by molar-refractivity contribution is 9.10. The van der Waals surface area contributed by atoms with Gasteiger partial charge in [-0.15, -0.1) is 0 Å². The van der Waals surface area contributed by atoms with E-state index in [1.807, 2.05) is 13.8 Å². The van der Waals surface area contributed by atoms with E-state index in [2.05, 4.69) is 21.0 Å². The minimum atomic E-state index is -0.159. The number of carbonyl (C=O) groups excluding carboxylic acids is 1. The van der Waals surface area contributed by atoms with Gasteiger partial charge in [0.1, 0.15) is 6.61 Å². The van der Waals surface area contributed by atoms with E-state index < -0.39 is 0 Å². The zero-order valence-corrected chi connectivity index (χ0v) is 9.38.